The molecule has 0 aromatic heterocycles. The van der Waals surface area contributed by atoms with E-state index in [4.69, 9.17) is 4.74 Å². The highest BCUT2D eigenvalue weighted by molar-refractivity contribution is 5.07. The molecule has 2 saturated carbocycles. The van der Waals surface area contributed by atoms with Crippen molar-refractivity contribution in [2.24, 2.45) is 23.2 Å². The van der Waals surface area contributed by atoms with Gasteiger partial charge in [-0.1, -0.05) is 20.3 Å². The van der Waals surface area contributed by atoms with Crippen molar-refractivity contribution in [3.05, 3.63) is 0 Å². The molecule has 4 atom stereocenters. The zero-order valence-corrected chi connectivity index (χ0v) is 11.1. The average Bonchev–Trinajstić information content (AvgIpc) is 2.95. The second-order valence-corrected chi connectivity index (χ2v) is 6.11. The molecule has 2 fully saturated rings. The van der Waals surface area contributed by atoms with Crippen LogP contribution in [0.15, 0.2) is 0 Å². The summed E-state index contributed by atoms with van der Waals surface area (Å²) in [4.78, 5) is 0. The van der Waals surface area contributed by atoms with Crippen LogP contribution in [0.4, 0.5) is 0 Å². The highest BCUT2D eigenvalue weighted by Gasteiger charge is 2.57. The van der Waals surface area contributed by atoms with Crippen LogP contribution in [-0.2, 0) is 4.74 Å². The molecule has 0 bridgehead atoms. The lowest BCUT2D eigenvalue weighted by Crippen LogP contribution is -2.29. The Hall–Kier alpha value is -0.0800. The highest BCUT2D eigenvalue weighted by Crippen LogP contribution is 2.64. The molecular weight excluding hydrogens is 198 g/mol. The molecule has 0 amide bonds. The lowest BCUT2D eigenvalue weighted by molar-refractivity contribution is 0.163. The van der Waals surface area contributed by atoms with E-state index >= 15 is 0 Å². The average molecular weight is 225 g/mol. The third kappa shape index (κ3) is 2.43. The first-order chi connectivity index (χ1) is 7.69. The first kappa shape index (κ1) is 12.4. The molecule has 0 aromatic rings. The predicted octanol–water partition coefficient (Wildman–Crippen LogP) is 2.68. The molecule has 0 aromatic carbocycles. The third-order valence-electron chi connectivity index (χ3n) is 4.99. The fourth-order valence-electron chi connectivity index (χ4n) is 3.75. The maximum atomic E-state index is 5.05. The summed E-state index contributed by atoms with van der Waals surface area (Å²) in [6.45, 7) is 7.95. The minimum Gasteiger partial charge on any atom is -0.383 e. The normalized spacial score (nSPS) is 42.6. The summed E-state index contributed by atoms with van der Waals surface area (Å²) < 4.78 is 5.05. The zero-order valence-electron chi connectivity index (χ0n) is 11.1. The molecule has 2 nitrogen and oxygen atoms in total. The Kier molecular flexibility index (Phi) is 3.91. The van der Waals surface area contributed by atoms with Crippen LogP contribution in [0.5, 0.6) is 0 Å². The van der Waals surface area contributed by atoms with Gasteiger partial charge in [0.05, 0.1) is 6.61 Å². The first-order valence-electron chi connectivity index (χ1n) is 6.88. The van der Waals surface area contributed by atoms with E-state index in [9.17, 15) is 0 Å². The molecule has 4 unspecified atom stereocenters. The van der Waals surface area contributed by atoms with Crippen molar-refractivity contribution in [1.29, 1.82) is 0 Å². The Morgan fingerprint density at radius 1 is 1.38 bits per heavy atom. The molecule has 0 saturated heterocycles. The van der Waals surface area contributed by atoms with Gasteiger partial charge in [0.15, 0.2) is 0 Å². The lowest BCUT2D eigenvalue weighted by atomic mass is 9.72. The van der Waals surface area contributed by atoms with Gasteiger partial charge in [-0.25, -0.2) is 0 Å². The van der Waals surface area contributed by atoms with Crippen LogP contribution in [-0.4, -0.2) is 26.8 Å². The molecular formula is C14H27NO. The first-order valence-corrected chi connectivity index (χ1v) is 6.88. The second-order valence-electron chi connectivity index (χ2n) is 6.11. The van der Waals surface area contributed by atoms with E-state index in [1.807, 2.05) is 0 Å². The molecule has 0 heterocycles. The largest absolute Gasteiger partial charge is 0.383 e. The number of methoxy groups -OCH3 is 1. The summed E-state index contributed by atoms with van der Waals surface area (Å²) in [7, 11) is 1.77. The Morgan fingerprint density at radius 3 is 2.88 bits per heavy atom. The molecule has 0 aliphatic heterocycles. The number of hydrogen-bond acceptors (Lipinski definition) is 2. The van der Waals surface area contributed by atoms with Crippen molar-refractivity contribution in [3.63, 3.8) is 0 Å². The molecule has 2 aliphatic rings. The van der Waals surface area contributed by atoms with Gasteiger partial charge in [-0.2, -0.15) is 0 Å². The van der Waals surface area contributed by atoms with Crippen LogP contribution in [0, 0.1) is 23.2 Å². The molecule has 2 heteroatoms. The van der Waals surface area contributed by atoms with Crippen LogP contribution < -0.4 is 5.32 Å². The van der Waals surface area contributed by atoms with Gasteiger partial charge in [-0.15, -0.1) is 0 Å². The van der Waals surface area contributed by atoms with E-state index in [-0.39, 0.29) is 0 Å². The second kappa shape index (κ2) is 5.05. The predicted molar refractivity (Wildman–Crippen MR) is 67.5 cm³/mol. The van der Waals surface area contributed by atoms with Gasteiger partial charge in [-0.3, -0.25) is 0 Å². The van der Waals surface area contributed by atoms with Crippen molar-refractivity contribution in [2.45, 2.75) is 39.5 Å². The van der Waals surface area contributed by atoms with Crippen molar-refractivity contribution in [1.82, 2.24) is 5.32 Å². The summed E-state index contributed by atoms with van der Waals surface area (Å²) in [5, 5.41) is 3.53. The lowest BCUT2D eigenvalue weighted by Gasteiger charge is -2.34. The fourth-order valence-corrected chi connectivity index (χ4v) is 3.75. The van der Waals surface area contributed by atoms with E-state index < -0.39 is 0 Å². The molecule has 94 valence electrons. The molecule has 0 radical (unpaired) electrons. The van der Waals surface area contributed by atoms with Gasteiger partial charge in [-0.05, 0) is 49.0 Å². The Balaban J connectivity index is 1.71. The van der Waals surface area contributed by atoms with E-state index in [1.165, 1.54) is 32.2 Å². The van der Waals surface area contributed by atoms with E-state index in [2.05, 4.69) is 19.2 Å². The van der Waals surface area contributed by atoms with Crippen LogP contribution in [0.3, 0.4) is 0 Å². The minimum absolute atomic E-state index is 0.729. The van der Waals surface area contributed by atoms with Crippen LogP contribution >= 0.6 is 0 Å². The van der Waals surface area contributed by atoms with Crippen molar-refractivity contribution >= 4 is 0 Å². The topological polar surface area (TPSA) is 21.3 Å². The number of ether oxygens (including phenoxy) is 1. The summed E-state index contributed by atoms with van der Waals surface area (Å²) in [5.41, 5.74) is 0.729. The van der Waals surface area contributed by atoms with E-state index in [0.29, 0.717) is 0 Å². The quantitative estimate of drug-likeness (QED) is 0.726. The summed E-state index contributed by atoms with van der Waals surface area (Å²) in [6.07, 6.45) is 5.86. The van der Waals surface area contributed by atoms with Crippen molar-refractivity contribution in [2.75, 3.05) is 26.8 Å². The van der Waals surface area contributed by atoms with Crippen LogP contribution in [0.1, 0.15) is 39.5 Å². The Bertz CT molecular complexity index is 231. The van der Waals surface area contributed by atoms with Crippen molar-refractivity contribution in [3.8, 4) is 0 Å². The number of nitrogens with one attached hydrogen (secondary N) is 1. The number of rotatable bonds is 5. The van der Waals surface area contributed by atoms with E-state index in [0.717, 1.165) is 36.3 Å². The van der Waals surface area contributed by atoms with E-state index in [1.54, 1.807) is 7.11 Å². The molecule has 2 rings (SSSR count). The van der Waals surface area contributed by atoms with Gasteiger partial charge in [0.2, 0.25) is 0 Å². The molecule has 1 N–H and O–H groups in total. The SMILES string of the molecule is COCCNCC1CC12CCC(C)CC2C. The van der Waals surface area contributed by atoms with Gasteiger partial charge >= 0.3 is 0 Å². The third-order valence-corrected chi connectivity index (χ3v) is 4.99. The summed E-state index contributed by atoms with van der Waals surface area (Å²) >= 11 is 0. The molecule has 2 aliphatic carbocycles. The van der Waals surface area contributed by atoms with Gasteiger partial charge in [0.25, 0.3) is 0 Å². The number of hydrogen-bond donors (Lipinski definition) is 1. The summed E-state index contributed by atoms with van der Waals surface area (Å²) in [6, 6.07) is 0. The molecule has 16 heavy (non-hydrogen) atoms. The fraction of sp³-hybridized carbons (Fsp3) is 1.00. The monoisotopic (exact) mass is 225 g/mol. The van der Waals surface area contributed by atoms with Gasteiger partial charge < -0.3 is 10.1 Å². The Morgan fingerprint density at radius 2 is 2.19 bits per heavy atom. The highest BCUT2D eigenvalue weighted by atomic mass is 16.5. The van der Waals surface area contributed by atoms with Crippen LogP contribution in [0.25, 0.3) is 0 Å². The maximum Gasteiger partial charge on any atom is 0.0587 e. The maximum absolute atomic E-state index is 5.05. The van der Waals surface area contributed by atoms with Crippen molar-refractivity contribution < 1.29 is 4.74 Å². The Labute approximate surface area is 100 Å². The van der Waals surface area contributed by atoms with Gasteiger partial charge in [0.1, 0.15) is 0 Å². The smallest absolute Gasteiger partial charge is 0.0587 e. The molecule has 1 spiro atoms. The minimum atomic E-state index is 0.729. The zero-order chi connectivity index (χ0) is 11.6. The van der Waals surface area contributed by atoms with Crippen LogP contribution in [0.2, 0.25) is 0 Å². The summed E-state index contributed by atoms with van der Waals surface area (Å²) in [5.74, 6) is 2.86. The standard InChI is InChI=1S/C14H27NO/c1-11-4-5-14(12(2)8-11)9-13(14)10-15-6-7-16-3/h11-13,15H,4-10H2,1-3H3. The van der Waals surface area contributed by atoms with Gasteiger partial charge in [0, 0.05) is 13.7 Å².